The minimum absolute atomic E-state index is 0.0120. The summed E-state index contributed by atoms with van der Waals surface area (Å²) in [5.74, 6) is -8.96. The van der Waals surface area contributed by atoms with E-state index in [1.165, 1.54) is 69.5 Å². The molecule has 3 saturated heterocycles. The van der Waals surface area contributed by atoms with Crippen LogP contribution in [0.4, 0.5) is 13.2 Å². The van der Waals surface area contributed by atoms with Gasteiger partial charge in [-0.05, 0) is 126 Å². The highest BCUT2D eigenvalue weighted by molar-refractivity contribution is 6.20. The van der Waals surface area contributed by atoms with E-state index >= 15 is 14.4 Å². The first kappa shape index (κ1) is 79.0. The normalized spacial score (nSPS) is 32.3. The number of rotatable bonds is 13. The number of nitrogens with one attached hydrogen (secondary N) is 4. The maximum Gasteiger partial charge on any atom is 0.393 e. The van der Waals surface area contributed by atoms with E-state index in [1.54, 1.807) is 19.9 Å². The van der Waals surface area contributed by atoms with Crippen molar-refractivity contribution in [2.75, 3.05) is 54.9 Å². The van der Waals surface area contributed by atoms with Gasteiger partial charge in [-0.1, -0.05) is 106 Å². The zero-order chi connectivity index (χ0) is 71.4. The summed E-state index contributed by atoms with van der Waals surface area (Å²) >= 11 is 6.40. The molecule has 26 heteroatoms. The number of carbonyl (C=O) groups excluding carboxylic acids is 11. The Kier molecular flexibility index (Phi) is 28.5. The summed E-state index contributed by atoms with van der Waals surface area (Å²) < 4.78 is 41.9. The maximum atomic E-state index is 15.3. The predicted molar refractivity (Wildman–Crippen MR) is 359 cm³/mol. The topological polar surface area (TPSA) is 259 Å². The zero-order valence-corrected chi connectivity index (χ0v) is 60.2. The van der Waals surface area contributed by atoms with Crippen LogP contribution in [0.15, 0.2) is 12.7 Å². The number of likely N-dealkylation sites (N-methyl/N-ethyl adjacent to an activating group) is 5. The minimum Gasteiger partial charge on any atom is -0.351 e. The highest BCUT2D eigenvalue weighted by atomic mass is 35.5. The minimum atomic E-state index is -4.50. The Bertz CT molecular complexity index is 2780. The Labute approximate surface area is 572 Å². The average molecular weight is 1380 g/mol. The van der Waals surface area contributed by atoms with Crippen LogP contribution in [0.1, 0.15) is 197 Å². The predicted octanol–water partition coefficient (Wildman–Crippen LogP) is 6.95. The largest absolute Gasteiger partial charge is 0.393 e. The van der Waals surface area contributed by atoms with Crippen LogP contribution in [-0.4, -0.2) is 226 Å². The summed E-state index contributed by atoms with van der Waals surface area (Å²) in [5.41, 5.74) is -1.50. The molecule has 14 atom stereocenters. The molecule has 0 radical (unpaired) electrons. The van der Waals surface area contributed by atoms with E-state index in [1.807, 2.05) is 34.6 Å². The lowest BCUT2D eigenvalue weighted by Gasteiger charge is -2.45. The Balaban J connectivity index is 1.39. The molecule has 0 bridgehead atoms. The lowest BCUT2D eigenvalue weighted by Crippen LogP contribution is -2.65. The third-order valence-electron chi connectivity index (χ3n) is 22.3. The molecule has 4 N–H and O–H groups in total. The second-order valence-corrected chi connectivity index (χ2v) is 30.3. The SMILES string of the molecule is C=CC[C@@H]1CC(=O)N(C)[C@@H](CC(C)C)C(=O)N[C@@H]([C@@H](C)CC)C(=O)N(C)[C@@H](C)C(=O)N2CC[C@H]2C(=O)N(C)[C@@H](CC2CCC(C)CC2)C(=O)N(C)CC(=O)N[C@@H](CCC2CCC(C(F)(F)F)C(Cl)C2)C(=O)N2CCC[C@H]2C(=O)NC2(CCCC2)C(=O)N(C)[C@@H]([C@@H](C)CC)C(=O)N1. The van der Waals surface area contributed by atoms with Crippen molar-refractivity contribution in [3.05, 3.63) is 12.7 Å². The molecule has 11 amide bonds. The molecule has 3 aliphatic heterocycles. The molecule has 3 heterocycles. The van der Waals surface area contributed by atoms with Gasteiger partial charge in [-0.25, -0.2) is 0 Å². The van der Waals surface area contributed by atoms with Gasteiger partial charge in [-0.3, -0.25) is 52.7 Å². The molecule has 22 nitrogen and oxygen atoms in total. The molecule has 3 saturated carbocycles. The van der Waals surface area contributed by atoms with Crippen molar-refractivity contribution < 1.29 is 65.9 Å². The number of nitrogens with zero attached hydrogens (tertiary/aromatic N) is 7. The second-order valence-electron chi connectivity index (χ2n) is 29.7. The van der Waals surface area contributed by atoms with Crippen LogP contribution in [0.5, 0.6) is 0 Å². The Morgan fingerprint density at radius 1 is 0.635 bits per heavy atom. The fourth-order valence-electron chi connectivity index (χ4n) is 15.4. The summed E-state index contributed by atoms with van der Waals surface area (Å²) in [7, 11) is 7.38. The Hall–Kier alpha value is -6.01. The number of hydrogen-bond donors (Lipinski definition) is 4. The van der Waals surface area contributed by atoms with Crippen LogP contribution in [0.3, 0.4) is 0 Å². The van der Waals surface area contributed by atoms with Crippen LogP contribution in [0.2, 0.25) is 0 Å². The molecule has 96 heavy (non-hydrogen) atoms. The summed E-state index contributed by atoms with van der Waals surface area (Å²) in [6, 6.07) is -9.86. The van der Waals surface area contributed by atoms with Gasteiger partial charge in [-0.15, -0.1) is 18.2 Å². The molecule has 0 aromatic heterocycles. The third-order valence-corrected chi connectivity index (χ3v) is 22.8. The van der Waals surface area contributed by atoms with Crippen LogP contribution < -0.4 is 21.3 Å². The summed E-state index contributed by atoms with van der Waals surface area (Å²) in [5, 5.41) is 10.7. The van der Waals surface area contributed by atoms with E-state index in [4.69, 9.17) is 11.6 Å². The first-order chi connectivity index (χ1) is 45.1. The monoisotopic (exact) mass is 1380 g/mol. The lowest BCUT2D eigenvalue weighted by atomic mass is 9.78. The Morgan fingerprint density at radius 3 is 1.83 bits per heavy atom. The number of fused-ring (bicyclic) bond motifs is 2. The van der Waals surface area contributed by atoms with E-state index in [0.29, 0.717) is 38.0 Å². The molecule has 6 aliphatic rings. The summed E-state index contributed by atoms with van der Waals surface area (Å²) in [6.45, 7) is 18.4. The second kappa shape index (κ2) is 34.7. The molecule has 3 unspecified atom stereocenters. The highest BCUT2D eigenvalue weighted by Crippen LogP contribution is 2.44. The van der Waals surface area contributed by atoms with Crippen LogP contribution >= 0.6 is 11.6 Å². The summed E-state index contributed by atoms with van der Waals surface area (Å²) in [6.07, 6.45) is 4.11. The molecule has 0 aromatic rings. The van der Waals surface area contributed by atoms with Gasteiger partial charge in [0.25, 0.3) is 0 Å². The van der Waals surface area contributed by atoms with E-state index in [2.05, 4.69) is 34.8 Å². The number of hydrogen-bond acceptors (Lipinski definition) is 11. The van der Waals surface area contributed by atoms with Crippen LogP contribution in [0.25, 0.3) is 0 Å². The van der Waals surface area contributed by atoms with Crippen molar-refractivity contribution in [2.24, 2.45) is 41.4 Å². The highest BCUT2D eigenvalue weighted by Gasteiger charge is 2.52. The van der Waals surface area contributed by atoms with E-state index in [0.717, 1.165) is 25.7 Å². The Morgan fingerprint density at radius 2 is 1.26 bits per heavy atom. The maximum absolute atomic E-state index is 15.3. The van der Waals surface area contributed by atoms with Gasteiger partial charge >= 0.3 is 6.18 Å². The van der Waals surface area contributed by atoms with Gasteiger partial charge in [0, 0.05) is 66.2 Å². The standard InChI is InChI=1S/C70H113ClF3N11O11/c1-15-21-48-39-57(87)81(12)54(36-41(4)5)60(88)77-58(43(7)16-2)67(95)80(11)45(9)63(91)85-35-31-53(85)66(94)82(13)55(38-47-25-23-42(6)24-26-47)65(93)79(10)40-56(86)76-51(30-28-46-27-29-49(50(71)37-46)70(72,73)74)64(92)84-34-20-22-52(84)61(89)78-69(32-18-19-33-69)68(96)83(14)59(44(8)17-3)62(90)75-48/h15,41-55,58-59H,1,16-40H2,2-14H3,(H,75,90)(H,76,86)(H,77,88)(H,78,89)/t42?,43-,44-,45-,46?,47?,48+,49?,50?,51-,52-,53-,54-,55-,58-,59-/m0/s1. The summed E-state index contributed by atoms with van der Waals surface area (Å²) in [4.78, 5) is 173. The first-order valence-corrected chi connectivity index (χ1v) is 36.0. The molecular formula is C70H113ClF3N11O11. The van der Waals surface area contributed by atoms with Crippen LogP contribution in [0, 0.1) is 41.4 Å². The fourth-order valence-corrected chi connectivity index (χ4v) is 15.9. The van der Waals surface area contributed by atoms with E-state index in [-0.39, 0.29) is 114 Å². The van der Waals surface area contributed by atoms with E-state index in [9.17, 15) is 51.5 Å². The third kappa shape index (κ3) is 19.2. The van der Waals surface area contributed by atoms with Crippen molar-refractivity contribution in [3.63, 3.8) is 0 Å². The van der Waals surface area contributed by atoms with Crippen molar-refractivity contribution in [2.45, 2.75) is 268 Å². The molecule has 6 rings (SSSR count). The van der Waals surface area contributed by atoms with Gasteiger partial charge < -0.3 is 55.6 Å². The number of amides is 11. The quantitative estimate of drug-likeness (QED) is 0.108. The van der Waals surface area contributed by atoms with Gasteiger partial charge in [0.05, 0.1) is 12.5 Å². The van der Waals surface area contributed by atoms with Crippen molar-refractivity contribution in [1.82, 2.24) is 55.6 Å². The molecule has 0 aromatic carbocycles. The van der Waals surface area contributed by atoms with Crippen molar-refractivity contribution in [1.29, 1.82) is 0 Å². The van der Waals surface area contributed by atoms with Gasteiger partial charge in [0.1, 0.15) is 53.9 Å². The van der Waals surface area contributed by atoms with Gasteiger partial charge in [0.2, 0.25) is 65.0 Å². The van der Waals surface area contributed by atoms with Crippen molar-refractivity contribution >= 4 is 76.6 Å². The molecule has 6 fully saturated rings. The zero-order valence-electron chi connectivity index (χ0n) is 59.4. The molecule has 1 spiro atoms. The van der Waals surface area contributed by atoms with Gasteiger partial charge in [0.15, 0.2) is 0 Å². The number of carbonyl (C=O) groups is 11. The lowest BCUT2D eigenvalue weighted by molar-refractivity contribution is -0.182. The van der Waals surface area contributed by atoms with Crippen LogP contribution in [-0.2, 0) is 52.7 Å². The molecule has 542 valence electrons. The smallest absolute Gasteiger partial charge is 0.351 e. The number of alkyl halides is 4. The van der Waals surface area contributed by atoms with E-state index < -0.39 is 161 Å². The van der Waals surface area contributed by atoms with Crippen molar-refractivity contribution in [3.8, 4) is 0 Å². The first-order valence-electron chi connectivity index (χ1n) is 35.6. The van der Waals surface area contributed by atoms with Gasteiger partial charge in [-0.2, -0.15) is 13.2 Å². The molecular weight excluding hydrogens is 1260 g/mol. The number of halogens is 4. The molecule has 3 aliphatic carbocycles. The average Bonchev–Trinajstić information content (AvgIpc) is 1.07. The fraction of sp³-hybridized carbons (Fsp3) is 0.814.